The van der Waals surface area contributed by atoms with Gasteiger partial charge in [0.15, 0.2) is 0 Å². The molecule has 0 unspecified atom stereocenters. The molecule has 88 valence electrons. The molecule has 0 amide bonds. The summed E-state index contributed by atoms with van der Waals surface area (Å²) >= 11 is 3.47. The minimum absolute atomic E-state index is 0.0824. The van der Waals surface area contributed by atoms with Gasteiger partial charge in [0.2, 0.25) is 0 Å². The molecule has 1 fully saturated rings. The lowest BCUT2D eigenvalue weighted by Crippen LogP contribution is -2.48. The van der Waals surface area contributed by atoms with Crippen LogP contribution in [-0.4, -0.2) is 30.3 Å². The summed E-state index contributed by atoms with van der Waals surface area (Å²) in [6.45, 7) is 8.82. The number of ether oxygens (including phenoxy) is 1. The average molecular weight is 285 g/mol. The lowest BCUT2D eigenvalue weighted by molar-refractivity contribution is -0.0279. The standard InChI is InChI=1S/C12H17BrN2O/c1-9-10(13)4-5-11(14-9)15-6-7-16-12(2,3)8-15/h4-5H,6-8H2,1-3H3. The maximum absolute atomic E-state index is 5.69. The number of halogens is 1. The topological polar surface area (TPSA) is 25.4 Å². The summed E-state index contributed by atoms with van der Waals surface area (Å²) in [6, 6.07) is 4.11. The first-order chi connectivity index (χ1) is 7.48. The summed E-state index contributed by atoms with van der Waals surface area (Å²) in [4.78, 5) is 6.87. The molecule has 0 bridgehead atoms. The quantitative estimate of drug-likeness (QED) is 0.793. The predicted octanol–water partition coefficient (Wildman–Crippen LogP) is 2.77. The molecule has 2 rings (SSSR count). The SMILES string of the molecule is Cc1nc(N2CCOC(C)(C)C2)ccc1Br. The molecule has 0 saturated carbocycles. The van der Waals surface area contributed by atoms with Gasteiger partial charge in [-0.3, -0.25) is 0 Å². The lowest BCUT2D eigenvalue weighted by atomic mass is 10.1. The maximum Gasteiger partial charge on any atom is 0.129 e. The van der Waals surface area contributed by atoms with Gasteiger partial charge in [0.25, 0.3) is 0 Å². The Bertz CT molecular complexity index is 393. The fourth-order valence-corrected chi connectivity index (χ4v) is 2.14. The molecule has 2 heterocycles. The van der Waals surface area contributed by atoms with E-state index in [0.717, 1.165) is 35.7 Å². The van der Waals surface area contributed by atoms with E-state index in [1.807, 2.05) is 6.92 Å². The highest BCUT2D eigenvalue weighted by atomic mass is 79.9. The molecule has 1 aliphatic rings. The number of morpholine rings is 1. The number of aryl methyl sites for hydroxylation is 1. The third kappa shape index (κ3) is 2.55. The number of rotatable bonds is 1. The van der Waals surface area contributed by atoms with Gasteiger partial charge in [-0.15, -0.1) is 0 Å². The van der Waals surface area contributed by atoms with Crippen LogP contribution in [0, 0.1) is 6.92 Å². The van der Waals surface area contributed by atoms with Crippen LogP contribution in [0.1, 0.15) is 19.5 Å². The fraction of sp³-hybridized carbons (Fsp3) is 0.583. The van der Waals surface area contributed by atoms with Gasteiger partial charge in [-0.25, -0.2) is 4.98 Å². The molecule has 1 aromatic rings. The van der Waals surface area contributed by atoms with E-state index in [0.29, 0.717) is 0 Å². The van der Waals surface area contributed by atoms with Gasteiger partial charge in [-0.1, -0.05) is 0 Å². The highest BCUT2D eigenvalue weighted by Gasteiger charge is 2.27. The van der Waals surface area contributed by atoms with Gasteiger partial charge < -0.3 is 9.64 Å². The number of anilines is 1. The van der Waals surface area contributed by atoms with Crippen molar-refractivity contribution in [2.45, 2.75) is 26.4 Å². The van der Waals surface area contributed by atoms with Crippen LogP contribution in [0.2, 0.25) is 0 Å². The molecule has 1 aromatic heterocycles. The molecule has 1 aliphatic heterocycles. The van der Waals surface area contributed by atoms with Crippen LogP contribution in [0.5, 0.6) is 0 Å². The van der Waals surface area contributed by atoms with Gasteiger partial charge in [0.1, 0.15) is 5.82 Å². The number of nitrogens with zero attached hydrogens (tertiary/aromatic N) is 2. The van der Waals surface area contributed by atoms with E-state index in [4.69, 9.17) is 4.74 Å². The predicted molar refractivity (Wildman–Crippen MR) is 68.9 cm³/mol. The van der Waals surface area contributed by atoms with E-state index in [9.17, 15) is 0 Å². The third-order valence-corrected chi connectivity index (χ3v) is 3.59. The van der Waals surface area contributed by atoms with Crippen LogP contribution in [0.3, 0.4) is 0 Å². The summed E-state index contributed by atoms with van der Waals surface area (Å²) in [7, 11) is 0. The third-order valence-electron chi connectivity index (χ3n) is 2.76. The van der Waals surface area contributed by atoms with Crippen molar-refractivity contribution < 1.29 is 4.74 Å². The minimum Gasteiger partial charge on any atom is -0.372 e. The zero-order valence-corrected chi connectivity index (χ0v) is 11.5. The van der Waals surface area contributed by atoms with Crippen LogP contribution in [0.15, 0.2) is 16.6 Å². The molecule has 1 saturated heterocycles. The second kappa shape index (κ2) is 4.34. The summed E-state index contributed by atoms with van der Waals surface area (Å²) < 4.78 is 6.75. The average Bonchev–Trinajstić information content (AvgIpc) is 2.20. The molecule has 0 N–H and O–H groups in total. The molecule has 0 radical (unpaired) electrons. The Balaban J connectivity index is 2.20. The van der Waals surface area contributed by atoms with Gasteiger partial charge in [-0.05, 0) is 48.8 Å². The van der Waals surface area contributed by atoms with Crippen molar-refractivity contribution >= 4 is 21.7 Å². The van der Waals surface area contributed by atoms with Crippen molar-refractivity contribution in [2.75, 3.05) is 24.6 Å². The van der Waals surface area contributed by atoms with Crippen molar-refractivity contribution in [3.05, 3.63) is 22.3 Å². The van der Waals surface area contributed by atoms with E-state index in [-0.39, 0.29) is 5.60 Å². The van der Waals surface area contributed by atoms with E-state index in [2.05, 4.69) is 51.8 Å². The molecule has 16 heavy (non-hydrogen) atoms. The zero-order chi connectivity index (χ0) is 11.8. The Morgan fingerprint density at radius 3 is 2.81 bits per heavy atom. The lowest BCUT2D eigenvalue weighted by Gasteiger charge is -2.38. The summed E-state index contributed by atoms with van der Waals surface area (Å²) in [5.41, 5.74) is 0.947. The largest absolute Gasteiger partial charge is 0.372 e. The normalized spacial score (nSPS) is 19.9. The number of hydrogen-bond acceptors (Lipinski definition) is 3. The van der Waals surface area contributed by atoms with Crippen LogP contribution >= 0.6 is 15.9 Å². The second-order valence-electron chi connectivity index (χ2n) is 4.77. The van der Waals surface area contributed by atoms with Crippen LogP contribution in [0.4, 0.5) is 5.82 Å². The van der Waals surface area contributed by atoms with E-state index >= 15 is 0 Å². The highest BCUT2D eigenvalue weighted by molar-refractivity contribution is 9.10. The Hall–Kier alpha value is -0.610. The van der Waals surface area contributed by atoms with Gasteiger partial charge >= 0.3 is 0 Å². The van der Waals surface area contributed by atoms with Crippen molar-refractivity contribution in [1.29, 1.82) is 0 Å². The van der Waals surface area contributed by atoms with Crippen LogP contribution in [-0.2, 0) is 4.74 Å². The molecule has 3 nitrogen and oxygen atoms in total. The number of hydrogen-bond donors (Lipinski definition) is 0. The van der Waals surface area contributed by atoms with E-state index in [1.165, 1.54) is 0 Å². The smallest absolute Gasteiger partial charge is 0.129 e. The van der Waals surface area contributed by atoms with Crippen LogP contribution < -0.4 is 4.90 Å². The molecule has 0 aromatic carbocycles. The number of aromatic nitrogens is 1. The Labute approximate surface area is 105 Å². The molecule has 0 aliphatic carbocycles. The minimum atomic E-state index is -0.0824. The summed E-state index contributed by atoms with van der Waals surface area (Å²) in [5.74, 6) is 1.04. The zero-order valence-electron chi connectivity index (χ0n) is 9.96. The molecule has 0 atom stereocenters. The molecular weight excluding hydrogens is 268 g/mol. The van der Waals surface area contributed by atoms with E-state index in [1.54, 1.807) is 0 Å². The molecule has 0 spiro atoms. The van der Waals surface area contributed by atoms with Crippen molar-refractivity contribution in [2.24, 2.45) is 0 Å². The highest BCUT2D eigenvalue weighted by Crippen LogP contribution is 2.24. The van der Waals surface area contributed by atoms with Crippen LogP contribution in [0.25, 0.3) is 0 Å². The second-order valence-corrected chi connectivity index (χ2v) is 5.62. The Kier molecular flexibility index (Phi) is 3.22. The first-order valence-corrected chi connectivity index (χ1v) is 6.29. The maximum atomic E-state index is 5.69. The first kappa shape index (κ1) is 11.9. The molecular formula is C12H17BrN2O. The van der Waals surface area contributed by atoms with Crippen molar-refractivity contribution in [1.82, 2.24) is 4.98 Å². The van der Waals surface area contributed by atoms with Crippen molar-refractivity contribution in [3.8, 4) is 0 Å². The Morgan fingerprint density at radius 2 is 2.19 bits per heavy atom. The van der Waals surface area contributed by atoms with Gasteiger partial charge in [-0.2, -0.15) is 0 Å². The fourth-order valence-electron chi connectivity index (χ4n) is 1.92. The van der Waals surface area contributed by atoms with Gasteiger partial charge in [0.05, 0.1) is 17.9 Å². The first-order valence-electron chi connectivity index (χ1n) is 5.50. The summed E-state index contributed by atoms with van der Waals surface area (Å²) in [6.07, 6.45) is 0. The number of pyridine rings is 1. The monoisotopic (exact) mass is 284 g/mol. The van der Waals surface area contributed by atoms with Gasteiger partial charge in [0, 0.05) is 17.6 Å². The van der Waals surface area contributed by atoms with Crippen molar-refractivity contribution in [3.63, 3.8) is 0 Å². The molecule has 4 heteroatoms. The Morgan fingerprint density at radius 1 is 1.44 bits per heavy atom. The van der Waals surface area contributed by atoms with E-state index < -0.39 is 0 Å². The summed E-state index contributed by atoms with van der Waals surface area (Å²) in [5, 5.41) is 0.